The van der Waals surface area contributed by atoms with Crippen molar-refractivity contribution in [3.8, 4) is 0 Å². The summed E-state index contributed by atoms with van der Waals surface area (Å²) in [5.41, 5.74) is 9.94. The number of benzene rings is 1. The van der Waals surface area contributed by atoms with Crippen molar-refractivity contribution in [2.75, 3.05) is 5.32 Å². The van der Waals surface area contributed by atoms with Crippen molar-refractivity contribution < 1.29 is 4.79 Å². The fourth-order valence-corrected chi connectivity index (χ4v) is 3.38. The number of aromatic amines is 1. The number of rotatable bonds is 5. The van der Waals surface area contributed by atoms with Crippen LogP contribution in [-0.2, 0) is 11.2 Å². The van der Waals surface area contributed by atoms with Gasteiger partial charge >= 0.3 is 0 Å². The topological polar surface area (TPSA) is 94.7 Å². The molecule has 0 spiro atoms. The van der Waals surface area contributed by atoms with Gasteiger partial charge in [0.1, 0.15) is 11.9 Å². The minimum Gasteiger partial charge on any atom is -0.342 e. The lowest BCUT2D eigenvalue weighted by Crippen LogP contribution is -2.39. The normalized spacial score (nSPS) is 19.7. The Morgan fingerprint density at radius 1 is 1.30 bits per heavy atom. The van der Waals surface area contributed by atoms with E-state index in [1.165, 1.54) is 0 Å². The van der Waals surface area contributed by atoms with Gasteiger partial charge in [-0.15, -0.1) is 0 Å². The van der Waals surface area contributed by atoms with Crippen LogP contribution in [-0.4, -0.2) is 26.9 Å². The average Bonchev–Trinajstić information content (AvgIpc) is 3.28. The molecule has 3 heterocycles. The largest absolute Gasteiger partial charge is 0.342 e. The molecule has 1 aromatic carbocycles. The zero-order valence-electron chi connectivity index (χ0n) is 15.5. The van der Waals surface area contributed by atoms with E-state index in [2.05, 4.69) is 45.0 Å². The number of hydrogen-bond donors (Lipinski definition) is 4. The van der Waals surface area contributed by atoms with Crippen LogP contribution in [0.1, 0.15) is 37.7 Å². The fourth-order valence-electron chi connectivity index (χ4n) is 3.38. The zero-order chi connectivity index (χ0) is 18.8. The Hall–Kier alpha value is -2.77. The quantitative estimate of drug-likeness (QED) is 0.558. The van der Waals surface area contributed by atoms with Crippen molar-refractivity contribution in [3.63, 3.8) is 0 Å². The average molecular weight is 364 g/mol. The lowest BCUT2D eigenvalue weighted by Gasteiger charge is -2.10. The van der Waals surface area contributed by atoms with Gasteiger partial charge in [0.05, 0.1) is 11.0 Å². The highest BCUT2D eigenvalue weighted by Crippen LogP contribution is 2.23. The Morgan fingerprint density at radius 2 is 2.19 bits per heavy atom. The summed E-state index contributed by atoms with van der Waals surface area (Å²) in [6.07, 6.45) is 5.14. The Labute approximate surface area is 158 Å². The summed E-state index contributed by atoms with van der Waals surface area (Å²) >= 11 is 0. The number of hydrogen-bond acceptors (Lipinski definition) is 5. The predicted octanol–water partition coefficient (Wildman–Crippen LogP) is 2.70. The van der Waals surface area contributed by atoms with Crippen LogP contribution in [0, 0.1) is 5.92 Å². The highest BCUT2D eigenvalue weighted by atomic mass is 16.2. The molecule has 140 valence electrons. The number of nitrogens with one attached hydrogen (secondary N) is 4. The molecule has 2 atom stereocenters. The molecule has 0 saturated carbocycles. The molecule has 0 bridgehead atoms. The molecule has 3 aromatic rings. The molecule has 1 saturated heterocycles. The minimum absolute atomic E-state index is 0.0600. The molecule has 2 unspecified atom stereocenters. The lowest BCUT2D eigenvalue weighted by atomic mass is 10.0. The molecule has 4 rings (SSSR count). The van der Waals surface area contributed by atoms with Crippen molar-refractivity contribution in [1.29, 1.82) is 0 Å². The summed E-state index contributed by atoms with van der Waals surface area (Å²) in [5, 5.41) is 2.99. The van der Waals surface area contributed by atoms with Crippen LogP contribution < -0.4 is 16.2 Å². The first-order valence-electron chi connectivity index (χ1n) is 9.29. The van der Waals surface area contributed by atoms with Crippen LogP contribution in [0.4, 0.5) is 5.69 Å². The number of H-pyrrole nitrogens is 1. The Morgan fingerprint density at radius 3 is 2.96 bits per heavy atom. The number of carbonyl (C=O) groups excluding carboxylic acids is 1. The predicted molar refractivity (Wildman–Crippen MR) is 105 cm³/mol. The fraction of sp³-hybridized carbons (Fsp3) is 0.350. The standard InChI is InChI=1S/C20H24N6O/c1-12(2)8-19-23-15-6-5-14(9-17(15)24-19)22-20(27)18-10-16(25-26-18)13-4-3-7-21-11-13/h3-7,9,11-12,16,18,25-26H,8,10H2,1-2H3,(H,22,27)(H,23,24). The maximum absolute atomic E-state index is 12.6. The van der Waals surface area contributed by atoms with E-state index in [0.29, 0.717) is 12.3 Å². The number of anilines is 1. The van der Waals surface area contributed by atoms with E-state index in [1.54, 1.807) is 6.20 Å². The van der Waals surface area contributed by atoms with Gasteiger partial charge in [-0.05, 0) is 42.2 Å². The maximum Gasteiger partial charge on any atom is 0.242 e. The van der Waals surface area contributed by atoms with Gasteiger partial charge in [0.15, 0.2) is 0 Å². The number of carbonyl (C=O) groups is 1. The number of hydrazine groups is 1. The van der Waals surface area contributed by atoms with Gasteiger partial charge in [-0.25, -0.2) is 15.8 Å². The number of pyridine rings is 1. The summed E-state index contributed by atoms with van der Waals surface area (Å²) in [6, 6.07) is 9.44. The van der Waals surface area contributed by atoms with E-state index in [-0.39, 0.29) is 18.0 Å². The van der Waals surface area contributed by atoms with Gasteiger partial charge in [-0.3, -0.25) is 9.78 Å². The summed E-state index contributed by atoms with van der Waals surface area (Å²) in [4.78, 5) is 24.7. The number of fused-ring (bicyclic) bond motifs is 1. The second-order valence-electron chi connectivity index (χ2n) is 7.42. The van der Waals surface area contributed by atoms with Crippen molar-refractivity contribution >= 4 is 22.6 Å². The van der Waals surface area contributed by atoms with E-state index in [9.17, 15) is 4.79 Å². The molecule has 2 aromatic heterocycles. The Balaban J connectivity index is 1.42. The summed E-state index contributed by atoms with van der Waals surface area (Å²) < 4.78 is 0. The van der Waals surface area contributed by atoms with E-state index in [1.807, 2.05) is 36.5 Å². The SMILES string of the molecule is CC(C)Cc1nc2ccc(NC(=O)C3CC(c4cccnc4)NN3)cc2[nH]1. The molecule has 1 aliphatic heterocycles. The van der Waals surface area contributed by atoms with E-state index in [0.717, 1.165) is 34.5 Å². The molecule has 1 fully saturated rings. The monoisotopic (exact) mass is 364 g/mol. The third-order valence-electron chi connectivity index (χ3n) is 4.71. The van der Waals surface area contributed by atoms with Crippen molar-refractivity contribution in [2.24, 2.45) is 5.92 Å². The number of aromatic nitrogens is 3. The van der Waals surface area contributed by atoms with Crippen LogP contribution in [0.3, 0.4) is 0 Å². The molecule has 27 heavy (non-hydrogen) atoms. The summed E-state index contributed by atoms with van der Waals surface area (Å²) in [6.45, 7) is 4.33. The molecule has 4 N–H and O–H groups in total. The van der Waals surface area contributed by atoms with Crippen LogP contribution in [0.15, 0.2) is 42.7 Å². The van der Waals surface area contributed by atoms with E-state index in [4.69, 9.17) is 0 Å². The molecular weight excluding hydrogens is 340 g/mol. The highest BCUT2D eigenvalue weighted by Gasteiger charge is 2.30. The van der Waals surface area contributed by atoms with E-state index < -0.39 is 0 Å². The summed E-state index contributed by atoms with van der Waals surface area (Å²) in [7, 11) is 0. The molecule has 7 nitrogen and oxygen atoms in total. The van der Waals surface area contributed by atoms with Crippen LogP contribution in [0.2, 0.25) is 0 Å². The second-order valence-corrected chi connectivity index (χ2v) is 7.42. The van der Waals surface area contributed by atoms with Gasteiger partial charge in [-0.1, -0.05) is 19.9 Å². The maximum atomic E-state index is 12.6. The first-order chi connectivity index (χ1) is 13.1. The van der Waals surface area contributed by atoms with Gasteiger partial charge in [0, 0.05) is 30.5 Å². The molecule has 1 amide bonds. The molecule has 1 aliphatic rings. The van der Waals surface area contributed by atoms with Crippen LogP contribution in [0.25, 0.3) is 11.0 Å². The number of amides is 1. The smallest absolute Gasteiger partial charge is 0.242 e. The minimum atomic E-state index is -0.302. The van der Waals surface area contributed by atoms with Crippen LogP contribution >= 0.6 is 0 Å². The van der Waals surface area contributed by atoms with E-state index >= 15 is 0 Å². The Bertz CT molecular complexity index is 936. The van der Waals surface area contributed by atoms with Crippen LogP contribution in [0.5, 0.6) is 0 Å². The summed E-state index contributed by atoms with van der Waals surface area (Å²) in [5.74, 6) is 1.46. The first kappa shape index (κ1) is 17.6. The van der Waals surface area contributed by atoms with Crippen molar-refractivity contribution in [2.45, 2.75) is 38.8 Å². The van der Waals surface area contributed by atoms with Gasteiger partial charge in [-0.2, -0.15) is 0 Å². The molecule has 0 radical (unpaired) electrons. The molecule has 0 aliphatic carbocycles. The van der Waals surface area contributed by atoms with Gasteiger partial charge in [0.25, 0.3) is 0 Å². The number of nitrogens with zero attached hydrogens (tertiary/aromatic N) is 2. The highest BCUT2D eigenvalue weighted by molar-refractivity contribution is 5.96. The third-order valence-corrected chi connectivity index (χ3v) is 4.71. The zero-order valence-corrected chi connectivity index (χ0v) is 15.5. The molecule has 7 heteroatoms. The number of imidazole rings is 1. The molecular formula is C20H24N6O. The lowest BCUT2D eigenvalue weighted by molar-refractivity contribution is -0.117. The Kier molecular flexibility index (Phi) is 4.87. The second kappa shape index (κ2) is 7.46. The van der Waals surface area contributed by atoms with Gasteiger partial charge < -0.3 is 10.3 Å². The van der Waals surface area contributed by atoms with Crippen molar-refractivity contribution in [1.82, 2.24) is 25.8 Å². The third kappa shape index (κ3) is 3.99. The first-order valence-corrected chi connectivity index (χ1v) is 9.29. The van der Waals surface area contributed by atoms with Gasteiger partial charge in [0.2, 0.25) is 5.91 Å². The van der Waals surface area contributed by atoms with Crippen molar-refractivity contribution in [3.05, 3.63) is 54.1 Å².